The second kappa shape index (κ2) is 7.81. The highest BCUT2D eigenvalue weighted by molar-refractivity contribution is 6.31. The van der Waals surface area contributed by atoms with Crippen molar-refractivity contribution in [1.29, 1.82) is 0 Å². The fourth-order valence-electron chi connectivity index (χ4n) is 2.89. The largest absolute Gasteiger partial charge is 0.340 e. The molecule has 1 aromatic rings. The standard InChI is InChI=1S/C17H25ClN2O/c1-3-14(4-2)17(21)20-11-9-19(10-12-20)13-15-7-5-6-8-16(15)18/h5-8,14H,3-4,9-13H2,1-2H3. The topological polar surface area (TPSA) is 23.6 Å². The molecule has 1 fully saturated rings. The molecular formula is C17H25ClN2O. The molecule has 0 aromatic heterocycles. The highest BCUT2D eigenvalue weighted by Gasteiger charge is 2.25. The van der Waals surface area contributed by atoms with Crippen LogP contribution in [0.2, 0.25) is 5.02 Å². The molecule has 0 atom stereocenters. The summed E-state index contributed by atoms with van der Waals surface area (Å²) in [5.41, 5.74) is 1.17. The summed E-state index contributed by atoms with van der Waals surface area (Å²) in [4.78, 5) is 16.8. The van der Waals surface area contributed by atoms with Gasteiger partial charge in [0.15, 0.2) is 0 Å². The molecular weight excluding hydrogens is 284 g/mol. The number of hydrogen-bond acceptors (Lipinski definition) is 2. The van der Waals surface area contributed by atoms with E-state index in [0.29, 0.717) is 5.91 Å². The molecule has 4 heteroatoms. The van der Waals surface area contributed by atoms with E-state index in [0.717, 1.165) is 50.6 Å². The molecule has 0 saturated carbocycles. The highest BCUT2D eigenvalue weighted by Crippen LogP contribution is 2.19. The molecule has 0 spiro atoms. The van der Waals surface area contributed by atoms with E-state index < -0.39 is 0 Å². The van der Waals surface area contributed by atoms with E-state index in [9.17, 15) is 4.79 Å². The van der Waals surface area contributed by atoms with Crippen LogP contribution in [0.5, 0.6) is 0 Å². The third-order valence-electron chi connectivity index (χ3n) is 4.37. The fraction of sp³-hybridized carbons (Fsp3) is 0.588. The molecule has 3 nitrogen and oxygen atoms in total. The predicted molar refractivity (Wildman–Crippen MR) is 87.4 cm³/mol. The van der Waals surface area contributed by atoms with Crippen LogP contribution in [-0.2, 0) is 11.3 Å². The fourth-order valence-corrected chi connectivity index (χ4v) is 3.09. The van der Waals surface area contributed by atoms with Crippen LogP contribution < -0.4 is 0 Å². The van der Waals surface area contributed by atoms with Gasteiger partial charge in [-0.1, -0.05) is 43.6 Å². The molecule has 116 valence electrons. The SMILES string of the molecule is CCC(CC)C(=O)N1CCN(Cc2ccccc2Cl)CC1. The molecule has 1 saturated heterocycles. The number of carbonyl (C=O) groups excluding carboxylic acids is 1. The summed E-state index contributed by atoms with van der Waals surface area (Å²) in [5, 5.41) is 0.827. The number of hydrogen-bond donors (Lipinski definition) is 0. The highest BCUT2D eigenvalue weighted by atomic mass is 35.5. The molecule has 2 rings (SSSR count). The predicted octanol–water partition coefficient (Wildman–Crippen LogP) is 3.42. The van der Waals surface area contributed by atoms with Crippen molar-refractivity contribution in [1.82, 2.24) is 9.80 Å². The molecule has 0 radical (unpaired) electrons. The lowest BCUT2D eigenvalue weighted by molar-refractivity contribution is -0.137. The minimum Gasteiger partial charge on any atom is -0.340 e. The number of halogens is 1. The van der Waals surface area contributed by atoms with Gasteiger partial charge in [-0.25, -0.2) is 0 Å². The van der Waals surface area contributed by atoms with E-state index >= 15 is 0 Å². The first-order chi connectivity index (χ1) is 10.2. The molecule has 1 heterocycles. The first-order valence-electron chi connectivity index (χ1n) is 7.90. The Hall–Kier alpha value is -1.06. The molecule has 0 aliphatic carbocycles. The average Bonchev–Trinajstić information content (AvgIpc) is 2.51. The van der Waals surface area contributed by atoms with Gasteiger partial charge < -0.3 is 4.90 Å². The van der Waals surface area contributed by atoms with Crippen LogP contribution in [0.3, 0.4) is 0 Å². The zero-order valence-electron chi connectivity index (χ0n) is 13.0. The Labute approximate surface area is 132 Å². The lowest BCUT2D eigenvalue weighted by Crippen LogP contribution is -2.49. The Morgan fingerprint density at radius 1 is 1.14 bits per heavy atom. The molecule has 21 heavy (non-hydrogen) atoms. The summed E-state index contributed by atoms with van der Waals surface area (Å²) in [6, 6.07) is 7.99. The Morgan fingerprint density at radius 3 is 2.33 bits per heavy atom. The smallest absolute Gasteiger partial charge is 0.225 e. The van der Waals surface area contributed by atoms with E-state index in [1.54, 1.807) is 0 Å². The molecule has 1 aliphatic heterocycles. The first-order valence-corrected chi connectivity index (χ1v) is 8.28. The maximum absolute atomic E-state index is 12.4. The monoisotopic (exact) mass is 308 g/mol. The number of piperazine rings is 1. The molecule has 0 N–H and O–H groups in total. The van der Waals surface area contributed by atoms with E-state index in [2.05, 4.69) is 24.8 Å². The summed E-state index contributed by atoms with van der Waals surface area (Å²) >= 11 is 6.21. The van der Waals surface area contributed by atoms with Gasteiger partial charge in [-0.15, -0.1) is 0 Å². The number of benzene rings is 1. The number of amides is 1. The minimum absolute atomic E-state index is 0.195. The van der Waals surface area contributed by atoms with E-state index in [1.165, 1.54) is 5.56 Å². The summed E-state index contributed by atoms with van der Waals surface area (Å²) in [5.74, 6) is 0.525. The van der Waals surface area contributed by atoms with Crippen molar-refractivity contribution in [3.05, 3.63) is 34.9 Å². The lowest BCUT2D eigenvalue weighted by Gasteiger charge is -2.36. The lowest BCUT2D eigenvalue weighted by atomic mass is 10.0. The maximum atomic E-state index is 12.4. The van der Waals surface area contributed by atoms with Crippen molar-refractivity contribution in [3.63, 3.8) is 0 Å². The quantitative estimate of drug-likeness (QED) is 0.832. The molecule has 1 aliphatic rings. The van der Waals surface area contributed by atoms with Crippen LogP contribution in [0.4, 0.5) is 0 Å². The van der Waals surface area contributed by atoms with E-state index in [-0.39, 0.29) is 5.92 Å². The molecule has 0 unspecified atom stereocenters. The zero-order valence-corrected chi connectivity index (χ0v) is 13.8. The van der Waals surface area contributed by atoms with Crippen molar-refractivity contribution in [3.8, 4) is 0 Å². The summed E-state index contributed by atoms with van der Waals surface area (Å²) in [7, 11) is 0. The molecule has 1 amide bonds. The first kappa shape index (κ1) is 16.3. The van der Waals surface area contributed by atoms with Crippen molar-refractivity contribution in [2.75, 3.05) is 26.2 Å². The van der Waals surface area contributed by atoms with Crippen LogP contribution in [-0.4, -0.2) is 41.9 Å². The van der Waals surface area contributed by atoms with Gasteiger partial charge in [0, 0.05) is 43.7 Å². The Morgan fingerprint density at radius 2 is 1.76 bits per heavy atom. The van der Waals surface area contributed by atoms with Gasteiger partial charge in [-0.2, -0.15) is 0 Å². The summed E-state index contributed by atoms with van der Waals surface area (Å²) in [6.45, 7) is 8.58. The van der Waals surface area contributed by atoms with Gasteiger partial charge in [0.05, 0.1) is 0 Å². The average molecular weight is 309 g/mol. The summed E-state index contributed by atoms with van der Waals surface area (Å²) in [6.07, 6.45) is 1.88. The van der Waals surface area contributed by atoms with Gasteiger partial charge in [-0.3, -0.25) is 9.69 Å². The third-order valence-corrected chi connectivity index (χ3v) is 4.74. The van der Waals surface area contributed by atoms with Gasteiger partial charge in [0.2, 0.25) is 5.91 Å². The Kier molecular flexibility index (Phi) is 6.07. The van der Waals surface area contributed by atoms with Gasteiger partial charge in [0.1, 0.15) is 0 Å². The Balaban J connectivity index is 1.86. The van der Waals surface area contributed by atoms with Crippen LogP contribution in [0.1, 0.15) is 32.3 Å². The second-order valence-electron chi connectivity index (χ2n) is 5.71. The van der Waals surface area contributed by atoms with Crippen LogP contribution in [0.15, 0.2) is 24.3 Å². The molecule has 1 aromatic carbocycles. The maximum Gasteiger partial charge on any atom is 0.225 e. The Bertz CT molecular complexity index is 466. The molecule has 0 bridgehead atoms. The number of nitrogens with zero attached hydrogens (tertiary/aromatic N) is 2. The zero-order chi connectivity index (χ0) is 15.2. The van der Waals surface area contributed by atoms with Gasteiger partial charge in [0.25, 0.3) is 0 Å². The van der Waals surface area contributed by atoms with Gasteiger partial charge >= 0.3 is 0 Å². The number of rotatable bonds is 5. The van der Waals surface area contributed by atoms with Crippen LogP contribution in [0, 0.1) is 5.92 Å². The van der Waals surface area contributed by atoms with E-state index in [4.69, 9.17) is 11.6 Å². The normalized spacial score (nSPS) is 16.5. The van der Waals surface area contributed by atoms with Gasteiger partial charge in [-0.05, 0) is 24.5 Å². The third kappa shape index (κ3) is 4.21. The van der Waals surface area contributed by atoms with Crippen molar-refractivity contribution >= 4 is 17.5 Å². The van der Waals surface area contributed by atoms with Crippen molar-refractivity contribution in [2.45, 2.75) is 33.2 Å². The van der Waals surface area contributed by atoms with Crippen LogP contribution >= 0.6 is 11.6 Å². The summed E-state index contributed by atoms with van der Waals surface area (Å²) < 4.78 is 0. The minimum atomic E-state index is 0.195. The van der Waals surface area contributed by atoms with Crippen molar-refractivity contribution < 1.29 is 4.79 Å². The van der Waals surface area contributed by atoms with Crippen LogP contribution in [0.25, 0.3) is 0 Å². The van der Waals surface area contributed by atoms with Crippen molar-refractivity contribution in [2.24, 2.45) is 5.92 Å². The number of carbonyl (C=O) groups is 1. The van der Waals surface area contributed by atoms with E-state index in [1.807, 2.05) is 23.1 Å². The second-order valence-corrected chi connectivity index (χ2v) is 6.11.